The quantitative estimate of drug-likeness (QED) is 0.646. The summed E-state index contributed by atoms with van der Waals surface area (Å²) in [5.41, 5.74) is 2.78. The standard InChI is InChI=1S/C11H12O2/c1-7-4-9(6-10(12)5-7)11(13)8-2-3-8/h4-6,12-13H,2-3H2,1H3. The Labute approximate surface area is 77.1 Å². The van der Waals surface area contributed by atoms with Crippen molar-refractivity contribution in [1.82, 2.24) is 0 Å². The van der Waals surface area contributed by atoms with E-state index in [0.29, 0.717) is 5.76 Å². The van der Waals surface area contributed by atoms with Crippen LogP contribution >= 0.6 is 0 Å². The van der Waals surface area contributed by atoms with Crippen molar-refractivity contribution in [3.8, 4) is 5.75 Å². The van der Waals surface area contributed by atoms with Gasteiger partial charge in [-0.2, -0.15) is 0 Å². The molecule has 0 atom stereocenters. The molecule has 1 saturated carbocycles. The zero-order chi connectivity index (χ0) is 9.42. The van der Waals surface area contributed by atoms with Crippen LogP contribution in [-0.2, 0) is 0 Å². The molecule has 1 fully saturated rings. The first-order chi connectivity index (χ1) is 6.16. The number of benzene rings is 1. The van der Waals surface area contributed by atoms with Crippen molar-refractivity contribution in [2.45, 2.75) is 19.8 Å². The molecule has 1 aliphatic carbocycles. The Bertz CT molecular complexity index is 351. The van der Waals surface area contributed by atoms with Crippen molar-refractivity contribution in [3.05, 3.63) is 34.9 Å². The molecule has 0 amide bonds. The van der Waals surface area contributed by atoms with Crippen LogP contribution in [0.5, 0.6) is 5.75 Å². The highest BCUT2D eigenvalue weighted by Crippen LogP contribution is 2.35. The second-order valence-electron chi connectivity index (χ2n) is 3.51. The monoisotopic (exact) mass is 176 g/mol. The summed E-state index contributed by atoms with van der Waals surface area (Å²) in [6.07, 6.45) is 1.97. The maximum atomic E-state index is 9.68. The van der Waals surface area contributed by atoms with Gasteiger partial charge < -0.3 is 10.2 Å². The molecule has 0 heterocycles. The van der Waals surface area contributed by atoms with Crippen LogP contribution in [0.2, 0.25) is 0 Å². The van der Waals surface area contributed by atoms with Gasteiger partial charge in [0.15, 0.2) is 0 Å². The highest BCUT2D eigenvalue weighted by molar-refractivity contribution is 5.66. The Morgan fingerprint density at radius 3 is 2.46 bits per heavy atom. The van der Waals surface area contributed by atoms with E-state index in [1.54, 1.807) is 12.1 Å². The molecular weight excluding hydrogens is 164 g/mol. The maximum absolute atomic E-state index is 9.68. The van der Waals surface area contributed by atoms with E-state index in [4.69, 9.17) is 0 Å². The Hall–Kier alpha value is -1.44. The van der Waals surface area contributed by atoms with Crippen molar-refractivity contribution in [1.29, 1.82) is 0 Å². The SMILES string of the molecule is Cc1cc(O)cc(C(O)=C2CC2)c1. The van der Waals surface area contributed by atoms with Gasteiger partial charge in [-0.05, 0) is 49.1 Å². The summed E-state index contributed by atoms with van der Waals surface area (Å²) >= 11 is 0. The zero-order valence-electron chi connectivity index (χ0n) is 7.54. The lowest BCUT2D eigenvalue weighted by atomic mass is 10.1. The molecule has 0 bridgehead atoms. The Kier molecular flexibility index (Phi) is 1.76. The topological polar surface area (TPSA) is 40.5 Å². The fourth-order valence-electron chi connectivity index (χ4n) is 1.40. The van der Waals surface area contributed by atoms with E-state index < -0.39 is 0 Å². The summed E-state index contributed by atoms with van der Waals surface area (Å²) in [7, 11) is 0. The van der Waals surface area contributed by atoms with Crippen molar-refractivity contribution < 1.29 is 10.2 Å². The third-order valence-corrected chi connectivity index (χ3v) is 2.17. The first kappa shape index (κ1) is 8.17. The number of phenols is 1. The van der Waals surface area contributed by atoms with E-state index in [2.05, 4.69) is 0 Å². The molecular formula is C11H12O2. The third kappa shape index (κ3) is 1.66. The molecule has 1 aromatic carbocycles. The second-order valence-corrected chi connectivity index (χ2v) is 3.51. The molecule has 68 valence electrons. The molecule has 2 N–H and O–H groups in total. The van der Waals surface area contributed by atoms with Crippen molar-refractivity contribution in [2.75, 3.05) is 0 Å². The Morgan fingerprint density at radius 1 is 1.23 bits per heavy atom. The largest absolute Gasteiger partial charge is 0.508 e. The number of aliphatic hydroxyl groups excluding tert-OH is 1. The van der Waals surface area contributed by atoms with E-state index in [0.717, 1.165) is 29.5 Å². The molecule has 2 heteroatoms. The van der Waals surface area contributed by atoms with E-state index in [-0.39, 0.29) is 5.75 Å². The van der Waals surface area contributed by atoms with Gasteiger partial charge in [0.1, 0.15) is 11.5 Å². The fraction of sp³-hybridized carbons (Fsp3) is 0.273. The lowest BCUT2D eigenvalue weighted by molar-refractivity contribution is 0.472. The molecule has 0 saturated heterocycles. The Balaban J connectivity index is 2.46. The van der Waals surface area contributed by atoms with Crippen LogP contribution in [0, 0.1) is 6.92 Å². The van der Waals surface area contributed by atoms with Crippen LogP contribution in [0.25, 0.3) is 5.76 Å². The van der Waals surface area contributed by atoms with Crippen molar-refractivity contribution in [3.63, 3.8) is 0 Å². The van der Waals surface area contributed by atoms with Crippen LogP contribution in [0.1, 0.15) is 24.0 Å². The van der Waals surface area contributed by atoms with E-state index in [9.17, 15) is 10.2 Å². The summed E-state index contributed by atoms with van der Waals surface area (Å²) in [5.74, 6) is 0.557. The van der Waals surface area contributed by atoms with Crippen molar-refractivity contribution in [2.24, 2.45) is 0 Å². The summed E-state index contributed by atoms with van der Waals surface area (Å²) in [5, 5.41) is 19.0. The number of aromatic hydroxyl groups is 1. The molecule has 2 nitrogen and oxygen atoms in total. The molecule has 0 radical (unpaired) electrons. The number of rotatable bonds is 1. The van der Waals surface area contributed by atoms with Gasteiger partial charge in [0.05, 0.1) is 0 Å². The van der Waals surface area contributed by atoms with Gasteiger partial charge in [-0.15, -0.1) is 0 Å². The third-order valence-electron chi connectivity index (χ3n) is 2.17. The highest BCUT2D eigenvalue weighted by atomic mass is 16.3. The van der Waals surface area contributed by atoms with Crippen LogP contribution in [0.15, 0.2) is 23.8 Å². The lowest BCUT2D eigenvalue weighted by Crippen LogP contribution is -1.84. The minimum absolute atomic E-state index is 0.211. The van der Waals surface area contributed by atoms with Gasteiger partial charge in [0.25, 0.3) is 0 Å². The molecule has 1 aromatic rings. The number of allylic oxidation sites excluding steroid dienone is 1. The number of aliphatic hydroxyl groups is 1. The van der Waals surface area contributed by atoms with Gasteiger partial charge in [0.2, 0.25) is 0 Å². The smallest absolute Gasteiger partial charge is 0.122 e. The number of hydrogen-bond acceptors (Lipinski definition) is 2. The van der Waals surface area contributed by atoms with Gasteiger partial charge in [0, 0.05) is 5.56 Å². The van der Waals surface area contributed by atoms with Crippen molar-refractivity contribution >= 4 is 5.76 Å². The second kappa shape index (κ2) is 2.80. The number of phenolic OH excluding ortho intramolecular Hbond substituents is 1. The van der Waals surface area contributed by atoms with Gasteiger partial charge in [-0.1, -0.05) is 0 Å². The summed E-state index contributed by atoms with van der Waals surface area (Å²) in [4.78, 5) is 0. The van der Waals surface area contributed by atoms with Gasteiger partial charge in [-0.25, -0.2) is 0 Å². The molecule has 1 aliphatic rings. The van der Waals surface area contributed by atoms with Crippen LogP contribution in [0.3, 0.4) is 0 Å². The minimum atomic E-state index is 0.211. The Morgan fingerprint density at radius 2 is 1.92 bits per heavy atom. The molecule has 0 spiro atoms. The molecule has 2 rings (SSSR count). The normalized spacial score (nSPS) is 14.4. The zero-order valence-corrected chi connectivity index (χ0v) is 7.54. The van der Waals surface area contributed by atoms with E-state index >= 15 is 0 Å². The molecule has 0 aromatic heterocycles. The molecule has 0 aliphatic heterocycles. The van der Waals surface area contributed by atoms with E-state index in [1.165, 1.54) is 0 Å². The van der Waals surface area contributed by atoms with Crippen LogP contribution < -0.4 is 0 Å². The summed E-state index contributed by atoms with van der Waals surface area (Å²) in [6.45, 7) is 1.90. The summed E-state index contributed by atoms with van der Waals surface area (Å²) < 4.78 is 0. The minimum Gasteiger partial charge on any atom is -0.508 e. The predicted octanol–water partition coefficient (Wildman–Crippen LogP) is 2.76. The fourth-order valence-corrected chi connectivity index (χ4v) is 1.40. The molecule has 13 heavy (non-hydrogen) atoms. The predicted molar refractivity (Wildman–Crippen MR) is 51.6 cm³/mol. The van der Waals surface area contributed by atoms with E-state index in [1.807, 2.05) is 13.0 Å². The number of hydrogen-bond donors (Lipinski definition) is 2. The van der Waals surface area contributed by atoms with Crippen LogP contribution in [-0.4, -0.2) is 10.2 Å². The number of aryl methyl sites for hydroxylation is 1. The first-order valence-corrected chi connectivity index (χ1v) is 4.39. The lowest BCUT2D eigenvalue weighted by Gasteiger charge is -2.02. The van der Waals surface area contributed by atoms with Gasteiger partial charge >= 0.3 is 0 Å². The highest BCUT2D eigenvalue weighted by Gasteiger charge is 2.18. The average Bonchev–Trinajstić information content (AvgIpc) is 2.83. The average molecular weight is 176 g/mol. The molecule has 0 unspecified atom stereocenters. The van der Waals surface area contributed by atoms with Gasteiger partial charge in [-0.3, -0.25) is 0 Å². The summed E-state index contributed by atoms with van der Waals surface area (Å²) in [6, 6.07) is 5.14. The van der Waals surface area contributed by atoms with Crippen LogP contribution in [0.4, 0.5) is 0 Å². The maximum Gasteiger partial charge on any atom is 0.122 e. The first-order valence-electron chi connectivity index (χ1n) is 4.39.